The SMILES string of the molecule is Cn1c2c(c(=O)n(C)c1=O)C(c1ccc(F)cc1)C(C#N)=CN2. The maximum atomic E-state index is 13.2. The van der Waals surface area contributed by atoms with Gasteiger partial charge in [-0.2, -0.15) is 5.26 Å². The van der Waals surface area contributed by atoms with Gasteiger partial charge in [-0.1, -0.05) is 12.1 Å². The quantitative estimate of drug-likeness (QED) is 0.858. The van der Waals surface area contributed by atoms with Crippen LogP contribution in [0.25, 0.3) is 0 Å². The molecule has 1 aliphatic heterocycles. The summed E-state index contributed by atoms with van der Waals surface area (Å²) in [5.74, 6) is -0.715. The predicted octanol–water partition coefficient (Wildman–Crippen LogP) is 1.19. The van der Waals surface area contributed by atoms with Crippen LogP contribution in [0.15, 0.2) is 45.6 Å². The number of benzene rings is 1. The van der Waals surface area contributed by atoms with Gasteiger partial charge >= 0.3 is 5.69 Å². The van der Waals surface area contributed by atoms with E-state index in [0.29, 0.717) is 22.5 Å². The van der Waals surface area contributed by atoms with E-state index < -0.39 is 23.0 Å². The van der Waals surface area contributed by atoms with E-state index in [4.69, 9.17) is 0 Å². The number of nitrogens with zero attached hydrogens (tertiary/aromatic N) is 3. The standard InChI is InChI=1S/C16H13FN4O2/c1-20-14-13(15(22)21(2)16(20)23)12(10(7-18)8-19-14)9-3-5-11(17)6-4-9/h3-6,8,12,19H,1-2H3. The van der Waals surface area contributed by atoms with Gasteiger partial charge in [0.1, 0.15) is 11.6 Å². The highest BCUT2D eigenvalue weighted by atomic mass is 19.1. The van der Waals surface area contributed by atoms with Gasteiger partial charge in [0, 0.05) is 20.3 Å². The first-order chi connectivity index (χ1) is 11.0. The van der Waals surface area contributed by atoms with Gasteiger partial charge in [-0.3, -0.25) is 13.9 Å². The van der Waals surface area contributed by atoms with E-state index in [9.17, 15) is 19.2 Å². The lowest BCUT2D eigenvalue weighted by Gasteiger charge is -2.26. The fraction of sp³-hybridized carbons (Fsp3) is 0.188. The van der Waals surface area contributed by atoms with E-state index in [2.05, 4.69) is 11.4 Å². The number of nitrogens with one attached hydrogen (secondary N) is 1. The average Bonchev–Trinajstić information content (AvgIpc) is 2.57. The molecule has 7 heteroatoms. The predicted molar refractivity (Wildman–Crippen MR) is 82.5 cm³/mol. The molecule has 0 amide bonds. The van der Waals surface area contributed by atoms with Crippen LogP contribution in [0.3, 0.4) is 0 Å². The van der Waals surface area contributed by atoms with Gasteiger partial charge in [0.05, 0.1) is 23.1 Å². The molecule has 3 rings (SSSR count). The van der Waals surface area contributed by atoms with Crippen LogP contribution in [-0.2, 0) is 14.1 Å². The second-order valence-electron chi connectivity index (χ2n) is 5.31. The van der Waals surface area contributed by atoms with Gasteiger partial charge in [-0.15, -0.1) is 0 Å². The monoisotopic (exact) mass is 312 g/mol. The van der Waals surface area contributed by atoms with Crippen LogP contribution in [0, 0.1) is 17.1 Å². The molecule has 1 aliphatic rings. The van der Waals surface area contributed by atoms with Gasteiger partial charge < -0.3 is 5.32 Å². The Morgan fingerprint density at radius 3 is 2.43 bits per heavy atom. The molecule has 0 aliphatic carbocycles. The summed E-state index contributed by atoms with van der Waals surface area (Å²) < 4.78 is 15.5. The van der Waals surface area contributed by atoms with Crippen molar-refractivity contribution in [2.45, 2.75) is 5.92 Å². The fourth-order valence-corrected chi connectivity index (χ4v) is 2.79. The molecule has 1 atom stereocenters. The van der Waals surface area contributed by atoms with Crippen LogP contribution in [0.5, 0.6) is 0 Å². The van der Waals surface area contributed by atoms with Crippen LogP contribution in [-0.4, -0.2) is 9.13 Å². The molecule has 116 valence electrons. The van der Waals surface area contributed by atoms with E-state index in [1.807, 2.05) is 0 Å². The zero-order valence-electron chi connectivity index (χ0n) is 12.5. The molecule has 0 saturated carbocycles. The van der Waals surface area contributed by atoms with Crippen molar-refractivity contribution in [1.29, 1.82) is 5.26 Å². The summed E-state index contributed by atoms with van der Waals surface area (Å²) in [6, 6.07) is 7.68. The van der Waals surface area contributed by atoms with Crippen molar-refractivity contribution in [2.75, 3.05) is 5.32 Å². The van der Waals surface area contributed by atoms with Crippen molar-refractivity contribution in [3.05, 3.63) is 73.8 Å². The van der Waals surface area contributed by atoms with Crippen LogP contribution < -0.4 is 16.6 Å². The number of fused-ring (bicyclic) bond motifs is 1. The largest absolute Gasteiger partial charge is 0.347 e. The summed E-state index contributed by atoms with van der Waals surface area (Å²) in [5, 5.41) is 12.2. The van der Waals surface area contributed by atoms with E-state index in [0.717, 1.165) is 4.57 Å². The first kappa shape index (κ1) is 14.8. The molecule has 0 fully saturated rings. The van der Waals surface area contributed by atoms with E-state index in [1.54, 1.807) is 7.05 Å². The Morgan fingerprint density at radius 1 is 1.17 bits per heavy atom. The van der Waals surface area contributed by atoms with Gasteiger partial charge in [0.2, 0.25) is 0 Å². The smallest absolute Gasteiger partial charge is 0.332 e. The molecule has 1 N–H and O–H groups in total. The van der Waals surface area contributed by atoms with E-state index >= 15 is 0 Å². The van der Waals surface area contributed by atoms with E-state index in [-0.39, 0.29) is 0 Å². The minimum atomic E-state index is -0.651. The third kappa shape index (κ3) is 2.16. The van der Waals surface area contributed by atoms with Crippen LogP contribution in [0.4, 0.5) is 10.2 Å². The summed E-state index contributed by atoms with van der Waals surface area (Å²) in [6.07, 6.45) is 1.47. The highest BCUT2D eigenvalue weighted by Crippen LogP contribution is 2.36. The Bertz CT molecular complexity index is 977. The van der Waals surface area contributed by atoms with Crippen molar-refractivity contribution in [3.63, 3.8) is 0 Å². The lowest BCUT2D eigenvalue weighted by atomic mass is 9.84. The number of aromatic nitrogens is 2. The molecular weight excluding hydrogens is 299 g/mol. The number of nitriles is 1. The summed E-state index contributed by atoms with van der Waals surface area (Å²) in [5.41, 5.74) is 0.275. The number of halogens is 1. The molecule has 1 aromatic heterocycles. The zero-order valence-corrected chi connectivity index (χ0v) is 12.5. The lowest BCUT2D eigenvalue weighted by molar-refractivity contribution is 0.626. The molecule has 6 nitrogen and oxygen atoms in total. The van der Waals surface area contributed by atoms with Gasteiger partial charge in [0.25, 0.3) is 5.56 Å². The number of hydrogen-bond acceptors (Lipinski definition) is 4. The van der Waals surface area contributed by atoms with Crippen molar-refractivity contribution in [1.82, 2.24) is 9.13 Å². The molecule has 0 saturated heterocycles. The lowest BCUT2D eigenvalue weighted by Crippen LogP contribution is -2.42. The van der Waals surface area contributed by atoms with Gasteiger partial charge in [0.15, 0.2) is 0 Å². The second-order valence-corrected chi connectivity index (χ2v) is 5.31. The van der Waals surface area contributed by atoms with Crippen molar-refractivity contribution >= 4 is 5.82 Å². The Morgan fingerprint density at radius 2 is 1.83 bits per heavy atom. The van der Waals surface area contributed by atoms with Crippen molar-refractivity contribution in [3.8, 4) is 6.07 Å². The fourth-order valence-electron chi connectivity index (χ4n) is 2.79. The molecule has 0 radical (unpaired) electrons. The zero-order chi connectivity index (χ0) is 16.7. The molecule has 1 aromatic carbocycles. The van der Waals surface area contributed by atoms with Crippen molar-refractivity contribution in [2.24, 2.45) is 14.1 Å². The first-order valence-electron chi connectivity index (χ1n) is 6.87. The summed E-state index contributed by atoms with van der Waals surface area (Å²) in [4.78, 5) is 24.6. The van der Waals surface area contributed by atoms with Crippen molar-refractivity contribution < 1.29 is 4.39 Å². The van der Waals surface area contributed by atoms with Crippen LogP contribution >= 0.6 is 0 Å². The average molecular weight is 312 g/mol. The Kier molecular flexibility index (Phi) is 3.37. The molecular formula is C16H13FN4O2. The third-order valence-corrected chi connectivity index (χ3v) is 4.00. The van der Waals surface area contributed by atoms with Gasteiger partial charge in [-0.05, 0) is 17.7 Å². The van der Waals surface area contributed by atoms with E-state index in [1.165, 1.54) is 42.1 Å². The number of anilines is 1. The summed E-state index contributed by atoms with van der Waals surface area (Å²) in [7, 11) is 2.93. The molecule has 2 heterocycles. The Labute approximate surface area is 130 Å². The molecule has 2 aromatic rings. The summed E-state index contributed by atoms with van der Waals surface area (Å²) in [6.45, 7) is 0. The molecule has 1 unspecified atom stereocenters. The van der Waals surface area contributed by atoms with Crippen LogP contribution in [0.1, 0.15) is 17.0 Å². The maximum absolute atomic E-state index is 13.2. The Balaban J connectivity index is 2.36. The molecule has 23 heavy (non-hydrogen) atoms. The third-order valence-electron chi connectivity index (χ3n) is 4.00. The van der Waals surface area contributed by atoms with Crippen LogP contribution in [0.2, 0.25) is 0 Å². The maximum Gasteiger partial charge on any atom is 0.332 e. The second kappa shape index (κ2) is 5.25. The highest BCUT2D eigenvalue weighted by molar-refractivity contribution is 5.61. The topological polar surface area (TPSA) is 79.8 Å². The van der Waals surface area contributed by atoms with Gasteiger partial charge in [-0.25, -0.2) is 9.18 Å². The minimum Gasteiger partial charge on any atom is -0.347 e. The minimum absolute atomic E-state index is 0.292. The number of allylic oxidation sites excluding steroid dienone is 1. The number of rotatable bonds is 1. The first-order valence-corrected chi connectivity index (χ1v) is 6.87. The summed E-state index contributed by atoms with van der Waals surface area (Å²) >= 11 is 0. The molecule has 0 spiro atoms. The Hall–Kier alpha value is -3.14. The highest BCUT2D eigenvalue weighted by Gasteiger charge is 2.31. The number of hydrogen-bond donors (Lipinski definition) is 1. The molecule has 0 bridgehead atoms. The normalized spacial score (nSPS) is 16.1.